The van der Waals surface area contributed by atoms with Gasteiger partial charge in [0.25, 0.3) is 0 Å². The Morgan fingerprint density at radius 2 is 1.82 bits per heavy atom. The highest BCUT2D eigenvalue weighted by Crippen LogP contribution is 2.43. The van der Waals surface area contributed by atoms with Gasteiger partial charge in [-0.2, -0.15) is 4.98 Å². The molecule has 11 heteroatoms. The second-order valence-electron chi connectivity index (χ2n) is 10.7. The molecule has 3 heterocycles. The minimum atomic E-state index is -0.826. The Labute approximate surface area is 231 Å². The maximum Gasteiger partial charge on any atom is 0.228 e. The van der Waals surface area contributed by atoms with Crippen molar-refractivity contribution in [3.05, 3.63) is 40.9 Å². The molecule has 0 bridgehead atoms. The number of aromatic hydroxyl groups is 1. The molecule has 2 aliphatic rings. The Morgan fingerprint density at radius 1 is 1.10 bits per heavy atom. The summed E-state index contributed by atoms with van der Waals surface area (Å²) in [6.07, 6.45) is 0.423. The Morgan fingerprint density at radius 3 is 2.46 bits per heavy atom. The van der Waals surface area contributed by atoms with Crippen molar-refractivity contribution in [3.8, 4) is 16.9 Å². The lowest BCUT2D eigenvalue weighted by molar-refractivity contribution is -0.133. The Bertz CT molecular complexity index is 1410. The molecule has 0 spiro atoms. The van der Waals surface area contributed by atoms with E-state index in [4.69, 9.17) is 16.6 Å². The number of benzene rings is 2. The summed E-state index contributed by atoms with van der Waals surface area (Å²) >= 11 is 6.58. The number of halogens is 3. The number of anilines is 2. The molecule has 2 atom stereocenters. The summed E-state index contributed by atoms with van der Waals surface area (Å²) in [6.45, 7) is 8.19. The van der Waals surface area contributed by atoms with Gasteiger partial charge in [0.1, 0.15) is 22.9 Å². The summed E-state index contributed by atoms with van der Waals surface area (Å²) in [5, 5.41) is 10.7. The van der Waals surface area contributed by atoms with E-state index < -0.39 is 17.4 Å². The molecule has 39 heavy (non-hydrogen) atoms. The number of hydrogen-bond donors (Lipinski definition) is 1. The summed E-state index contributed by atoms with van der Waals surface area (Å²) < 4.78 is 31.1. The number of phenolic OH excluding ortho intramolecular Hbond substituents is 1. The minimum absolute atomic E-state index is 0.00252. The second kappa shape index (κ2) is 10.4. The van der Waals surface area contributed by atoms with Gasteiger partial charge in [-0.3, -0.25) is 4.79 Å². The molecule has 0 radical (unpaired) electrons. The van der Waals surface area contributed by atoms with Crippen LogP contribution in [0.2, 0.25) is 5.02 Å². The molecule has 0 unspecified atom stereocenters. The maximum absolute atomic E-state index is 16.3. The first-order valence-corrected chi connectivity index (χ1v) is 13.5. The first-order valence-electron chi connectivity index (χ1n) is 13.2. The smallest absolute Gasteiger partial charge is 0.228 e. The number of hydrogen-bond acceptors (Lipinski definition) is 7. The van der Waals surface area contributed by atoms with Crippen molar-refractivity contribution in [3.63, 3.8) is 0 Å². The van der Waals surface area contributed by atoms with Crippen molar-refractivity contribution in [2.45, 2.75) is 45.3 Å². The SMILES string of the molecule is CCC(=O)N1C[C@H](C)N(c2nc(N3CC(N(C)C)C3)nc3c(F)c(-c4c(O)cccc4F)c(Cl)cc23)C[C@H]1C. The van der Waals surface area contributed by atoms with E-state index in [0.717, 1.165) is 6.07 Å². The Kier molecular flexibility index (Phi) is 7.28. The van der Waals surface area contributed by atoms with Crippen molar-refractivity contribution < 1.29 is 18.7 Å². The minimum Gasteiger partial charge on any atom is -0.507 e. The van der Waals surface area contributed by atoms with E-state index in [9.17, 15) is 14.3 Å². The average molecular weight is 559 g/mol. The van der Waals surface area contributed by atoms with Crippen LogP contribution in [-0.2, 0) is 4.79 Å². The third kappa shape index (κ3) is 4.74. The molecule has 2 aliphatic heterocycles. The Hall–Kier alpha value is -3.24. The molecule has 1 N–H and O–H groups in total. The first-order chi connectivity index (χ1) is 18.5. The normalized spacial score (nSPS) is 20.2. The van der Waals surface area contributed by atoms with Crippen LogP contribution in [0, 0.1) is 11.6 Å². The number of amides is 1. The highest BCUT2D eigenvalue weighted by atomic mass is 35.5. The summed E-state index contributed by atoms with van der Waals surface area (Å²) in [7, 11) is 4.01. The monoisotopic (exact) mass is 558 g/mol. The number of likely N-dealkylation sites (N-methyl/N-ethyl adjacent to an activating group) is 1. The summed E-state index contributed by atoms with van der Waals surface area (Å²) in [5.41, 5.74) is -0.559. The van der Waals surface area contributed by atoms with E-state index in [-0.39, 0.29) is 39.7 Å². The number of nitrogens with zero attached hydrogens (tertiary/aromatic N) is 6. The number of carbonyl (C=O) groups is 1. The van der Waals surface area contributed by atoms with Gasteiger partial charge in [0.15, 0.2) is 5.82 Å². The lowest BCUT2D eigenvalue weighted by atomic mass is 10.00. The molecule has 1 amide bonds. The number of aromatic nitrogens is 2. The largest absolute Gasteiger partial charge is 0.507 e. The lowest BCUT2D eigenvalue weighted by Crippen LogP contribution is -2.59. The van der Waals surface area contributed by atoms with Crippen LogP contribution in [0.5, 0.6) is 5.75 Å². The van der Waals surface area contributed by atoms with Gasteiger partial charge in [-0.25, -0.2) is 13.8 Å². The van der Waals surface area contributed by atoms with Crippen molar-refractivity contribution in [2.24, 2.45) is 0 Å². The number of phenols is 1. The topological polar surface area (TPSA) is 76.0 Å². The van der Waals surface area contributed by atoms with Gasteiger partial charge in [0.05, 0.1) is 10.6 Å². The van der Waals surface area contributed by atoms with E-state index in [2.05, 4.69) is 14.8 Å². The molecule has 0 saturated carbocycles. The fourth-order valence-corrected chi connectivity index (χ4v) is 5.72. The van der Waals surface area contributed by atoms with Crippen molar-refractivity contribution >= 4 is 40.2 Å². The molecule has 2 fully saturated rings. The molecular weight excluding hydrogens is 526 g/mol. The van der Waals surface area contributed by atoms with Gasteiger partial charge in [-0.1, -0.05) is 24.6 Å². The van der Waals surface area contributed by atoms with Crippen LogP contribution in [0.3, 0.4) is 0 Å². The number of rotatable bonds is 5. The van der Waals surface area contributed by atoms with Crippen molar-refractivity contribution in [2.75, 3.05) is 50.1 Å². The zero-order valence-electron chi connectivity index (χ0n) is 22.7. The predicted octanol–water partition coefficient (Wildman–Crippen LogP) is 4.52. The quantitative estimate of drug-likeness (QED) is 0.493. The summed E-state index contributed by atoms with van der Waals surface area (Å²) in [4.78, 5) is 30.1. The molecule has 3 aromatic rings. The molecule has 2 aromatic carbocycles. The third-order valence-corrected chi connectivity index (χ3v) is 8.15. The van der Waals surface area contributed by atoms with Gasteiger partial charge in [0.2, 0.25) is 11.9 Å². The highest BCUT2D eigenvalue weighted by Gasteiger charge is 2.36. The van der Waals surface area contributed by atoms with Crippen LogP contribution in [0.4, 0.5) is 20.5 Å². The van der Waals surface area contributed by atoms with Gasteiger partial charge < -0.3 is 24.7 Å². The van der Waals surface area contributed by atoms with E-state index in [1.807, 2.05) is 44.7 Å². The molecular formula is C28H33ClF2N6O2. The Balaban J connectivity index is 1.68. The molecule has 8 nitrogen and oxygen atoms in total. The van der Waals surface area contributed by atoms with Crippen LogP contribution in [0.25, 0.3) is 22.0 Å². The van der Waals surface area contributed by atoms with E-state index in [1.165, 1.54) is 12.1 Å². The highest BCUT2D eigenvalue weighted by molar-refractivity contribution is 6.34. The van der Waals surface area contributed by atoms with Crippen molar-refractivity contribution in [1.29, 1.82) is 0 Å². The lowest BCUT2D eigenvalue weighted by Gasteiger charge is -2.46. The zero-order valence-corrected chi connectivity index (χ0v) is 23.5. The second-order valence-corrected chi connectivity index (χ2v) is 11.1. The zero-order chi connectivity index (χ0) is 28.2. The molecule has 2 saturated heterocycles. The van der Waals surface area contributed by atoms with E-state index in [1.54, 1.807) is 6.07 Å². The fourth-order valence-electron chi connectivity index (χ4n) is 5.44. The summed E-state index contributed by atoms with van der Waals surface area (Å²) in [5.74, 6) is -1.07. The van der Waals surface area contributed by atoms with Crippen molar-refractivity contribution in [1.82, 2.24) is 19.8 Å². The molecule has 5 rings (SSSR count). The number of carbonyl (C=O) groups excluding carboxylic acids is 1. The standard InChI is InChI=1S/C28H33ClF2N6O2/c1-6-22(39)36-11-16(3)37(12-15(36)2)27-18-10-19(29)23(24-20(30)8-7-9-21(24)38)25(31)26(18)32-28(33-27)35-13-17(14-35)34(4)5/h7-10,15-17,38H,6,11-14H2,1-5H3/t15-,16+/m1/s1. The van der Waals surface area contributed by atoms with E-state index in [0.29, 0.717) is 55.8 Å². The number of fused-ring (bicyclic) bond motifs is 1. The molecule has 0 aliphatic carbocycles. The third-order valence-electron chi connectivity index (χ3n) is 7.85. The van der Waals surface area contributed by atoms with Gasteiger partial charge in [-0.05, 0) is 46.1 Å². The van der Waals surface area contributed by atoms with Gasteiger partial charge in [0, 0.05) is 61.7 Å². The first kappa shape index (κ1) is 27.3. The van der Waals surface area contributed by atoms with Gasteiger partial charge >= 0.3 is 0 Å². The van der Waals surface area contributed by atoms with E-state index >= 15 is 4.39 Å². The van der Waals surface area contributed by atoms with Crippen LogP contribution >= 0.6 is 11.6 Å². The van der Waals surface area contributed by atoms with Crippen LogP contribution in [0.1, 0.15) is 27.2 Å². The van der Waals surface area contributed by atoms with Crippen LogP contribution in [-0.4, -0.2) is 89.2 Å². The molecule has 1 aromatic heterocycles. The van der Waals surface area contributed by atoms with Gasteiger partial charge in [-0.15, -0.1) is 0 Å². The maximum atomic E-state index is 16.3. The fraction of sp³-hybridized carbons (Fsp3) is 0.464. The summed E-state index contributed by atoms with van der Waals surface area (Å²) in [6, 6.07) is 5.45. The van der Waals surface area contributed by atoms with Crippen LogP contribution < -0.4 is 9.80 Å². The van der Waals surface area contributed by atoms with Crippen LogP contribution in [0.15, 0.2) is 24.3 Å². The average Bonchev–Trinajstić information content (AvgIpc) is 2.85. The predicted molar refractivity (Wildman–Crippen MR) is 150 cm³/mol. The molecule has 208 valence electrons. The number of piperazine rings is 1.